The average Bonchev–Trinajstić information content (AvgIpc) is 2.70. The molecule has 3 rings (SSSR count). The van der Waals surface area contributed by atoms with Crippen LogP contribution in [0.25, 0.3) is 0 Å². The topological polar surface area (TPSA) is 46.2 Å². The second-order valence-electron chi connectivity index (χ2n) is 5.77. The molecule has 0 aliphatic rings. The third kappa shape index (κ3) is 4.67. The Morgan fingerprint density at radius 2 is 1.63 bits per heavy atom. The van der Waals surface area contributed by atoms with E-state index in [2.05, 4.69) is 21.2 Å². The van der Waals surface area contributed by atoms with Crippen LogP contribution in [0.4, 0.5) is 5.69 Å². The van der Waals surface area contributed by atoms with Gasteiger partial charge in [-0.1, -0.05) is 65.3 Å². The quantitative estimate of drug-likeness (QED) is 0.375. The third-order valence-corrected chi connectivity index (χ3v) is 5.39. The summed E-state index contributed by atoms with van der Waals surface area (Å²) in [6, 6.07) is 21.8. The van der Waals surface area contributed by atoms with Gasteiger partial charge in [-0.3, -0.25) is 9.59 Å². The molecule has 1 N–H and O–H groups in total. The molecule has 0 heterocycles. The maximum Gasteiger partial charge on any atom is 0.256 e. The minimum Gasteiger partial charge on any atom is -0.321 e. The van der Waals surface area contributed by atoms with Crippen molar-refractivity contribution in [3.05, 3.63) is 94.0 Å². The van der Waals surface area contributed by atoms with Crippen molar-refractivity contribution >= 4 is 45.1 Å². The number of anilines is 1. The van der Waals surface area contributed by atoms with Gasteiger partial charge in [-0.2, -0.15) is 0 Å². The van der Waals surface area contributed by atoms with E-state index in [0.717, 1.165) is 15.1 Å². The highest BCUT2D eigenvalue weighted by atomic mass is 79.9. The molecule has 0 saturated carbocycles. The van der Waals surface area contributed by atoms with Crippen molar-refractivity contribution in [2.24, 2.45) is 0 Å². The van der Waals surface area contributed by atoms with Gasteiger partial charge in [0, 0.05) is 20.5 Å². The van der Waals surface area contributed by atoms with Gasteiger partial charge in [-0.25, -0.2) is 0 Å². The first kappa shape index (κ1) is 19.4. The Labute approximate surface area is 171 Å². The van der Waals surface area contributed by atoms with Crippen LogP contribution in [0.2, 0.25) is 0 Å². The molecule has 3 nitrogen and oxygen atoms in total. The van der Waals surface area contributed by atoms with Crippen LogP contribution in [0.5, 0.6) is 0 Å². The van der Waals surface area contributed by atoms with Crippen molar-refractivity contribution in [3.63, 3.8) is 0 Å². The number of halogens is 1. The molecule has 0 radical (unpaired) electrons. The van der Waals surface area contributed by atoms with Crippen molar-refractivity contribution in [1.29, 1.82) is 0 Å². The van der Waals surface area contributed by atoms with E-state index in [9.17, 15) is 9.59 Å². The Morgan fingerprint density at radius 3 is 2.37 bits per heavy atom. The molecule has 5 heteroatoms. The minimum absolute atomic E-state index is 0.136. The number of ketones is 1. The fourth-order valence-electron chi connectivity index (χ4n) is 2.68. The number of nitrogens with one attached hydrogen (secondary N) is 1. The van der Waals surface area contributed by atoms with Gasteiger partial charge in [0.2, 0.25) is 0 Å². The molecule has 0 atom stereocenters. The Morgan fingerprint density at radius 1 is 0.926 bits per heavy atom. The molecule has 27 heavy (non-hydrogen) atoms. The molecule has 3 aromatic rings. The smallest absolute Gasteiger partial charge is 0.256 e. The van der Waals surface area contributed by atoms with Gasteiger partial charge in [0.05, 0.1) is 11.3 Å². The highest BCUT2D eigenvalue weighted by molar-refractivity contribution is 9.10. The second-order valence-corrected chi connectivity index (χ2v) is 7.99. The standard InChI is InChI=1S/C22H18BrNO2S/c1-2-27-20-11-7-6-10-17(20)22(26)24-19-13-12-16(23)14-18(19)21(25)15-8-4-3-5-9-15/h3-14H,2H2,1H3,(H,24,26). The van der Waals surface area contributed by atoms with E-state index in [0.29, 0.717) is 22.4 Å². The molecule has 0 aliphatic carbocycles. The maximum absolute atomic E-state index is 12.9. The lowest BCUT2D eigenvalue weighted by Gasteiger charge is -2.13. The summed E-state index contributed by atoms with van der Waals surface area (Å²) < 4.78 is 0.779. The Bertz CT molecular complexity index is 973. The summed E-state index contributed by atoms with van der Waals surface area (Å²) in [7, 11) is 0. The molecule has 0 bridgehead atoms. The van der Waals surface area contributed by atoms with Gasteiger partial charge in [0.25, 0.3) is 5.91 Å². The number of hydrogen-bond acceptors (Lipinski definition) is 3. The lowest BCUT2D eigenvalue weighted by atomic mass is 10.0. The van der Waals surface area contributed by atoms with E-state index in [1.165, 1.54) is 0 Å². The predicted octanol–water partition coefficient (Wildman–Crippen LogP) is 6.04. The van der Waals surface area contributed by atoms with Gasteiger partial charge in [0.1, 0.15) is 0 Å². The van der Waals surface area contributed by atoms with Crippen LogP contribution in [0.1, 0.15) is 33.2 Å². The Balaban J connectivity index is 1.94. The van der Waals surface area contributed by atoms with E-state index in [-0.39, 0.29) is 11.7 Å². The summed E-state index contributed by atoms with van der Waals surface area (Å²) in [5, 5.41) is 2.91. The van der Waals surface area contributed by atoms with Crippen molar-refractivity contribution < 1.29 is 9.59 Å². The molecule has 0 saturated heterocycles. The third-order valence-electron chi connectivity index (χ3n) is 3.94. The highest BCUT2D eigenvalue weighted by Gasteiger charge is 2.18. The molecular formula is C22H18BrNO2S. The SMILES string of the molecule is CCSc1ccccc1C(=O)Nc1ccc(Br)cc1C(=O)c1ccccc1. The zero-order valence-electron chi connectivity index (χ0n) is 14.7. The summed E-state index contributed by atoms with van der Waals surface area (Å²) in [6.45, 7) is 2.05. The van der Waals surface area contributed by atoms with E-state index < -0.39 is 0 Å². The molecule has 0 aromatic heterocycles. The van der Waals surface area contributed by atoms with Gasteiger partial charge in [-0.15, -0.1) is 11.8 Å². The molecular weight excluding hydrogens is 422 g/mol. The summed E-state index contributed by atoms with van der Waals surface area (Å²) in [5.74, 6) is 0.514. The van der Waals surface area contributed by atoms with Crippen LogP contribution >= 0.6 is 27.7 Å². The van der Waals surface area contributed by atoms with Crippen molar-refractivity contribution in [1.82, 2.24) is 0 Å². The molecule has 3 aromatic carbocycles. The largest absolute Gasteiger partial charge is 0.321 e. The van der Waals surface area contributed by atoms with Gasteiger partial charge in [-0.05, 0) is 36.1 Å². The first-order valence-corrected chi connectivity index (χ1v) is 10.3. The summed E-state index contributed by atoms with van der Waals surface area (Å²) in [6.07, 6.45) is 0. The van der Waals surface area contributed by atoms with Crippen molar-refractivity contribution in [3.8, 4) is 0 Å². The van der Waals surface area contributed by atoms with Crippen LogP contribution in [0.15, 0.2) is 82.2 Å². The number of hydrogen-bond donors (Lipinski definition) is 1. The van der Waals surface area contributed by atoms with Gasteiger partial charge >= 0.3 is 0 Å². The van der Waals surface area contributed by atoms with Crippen LogP contribution in [0, 0.1) is 0 Å². The molecule has 0 spiro atoms. The summed E-state index contributed by atoms with van der Waals surface area (Å²) >= 11 is 5.03. The molecule has 0 unspecified atom stereocenters. The average molecular weight is 440 g/mol. The van der Waals surface area contributed by atoms with Gasteiger partial charge < -0.3 is 5.32 Å². The molecule has 0 aliphatic heterocycles. The van der Waals surface area contributed by atoms with Crippen LogP contribution in [-0.4, -0.2) is 17.4 Å². The number of rotatable bonds is 6. The van der Waals surface area contributed by atoms with Crippen molar-refractivity contribution in [2.75, 3.05) is 11.1 Å². The normalized spacial score (nSPS) is 10.4. The van der Waals surface area contributed by atoms with Crippen LogP contribution in [0.3, 0.4) is 0 Å². The number of carbonyl (C=O) groups is 2. The zero-order chi connectivity index (χ0) is 19.2. The number of benzene rings is 3. The monoisotopic (exact) mass is 439 g/mol. The van der Waals surface area contributed by atoms with E-state index >= 15 is 0 Å². The zero-order valence-corrected chi connectivity index (χ0v) is 17.1. The number of thioether (sulfide) groups is 1. The lowest BCUT2D eigenvalue weighted by molar-refractivity contribution is 0.102. The maximum atomic E-state index is 12.9. The summed E-state index contributed by atoms with van der Waals surface area (Å²) in [5.41, 5.74) is 2.12. The van der Waals surface area contributed by atoms with Gasteiger partial charge in [0.15, 0.2) is 5.78 Å². The predicted molar refractivity (Wildman–Crippen MR) is 115 cm³/mol. The fraction of sp³-hybridized carbons (Fsp3) is 0.0909. The Kier molecular flexibility index (Phi) is 6.48. The van der Waals surface area contributed by atoms with E-state index in [4.69, 9.17) is 0 Å². The second kappa shape index (κ2) is 9.02. The van der Waals surface area contributed by atoms with Crippen LogP contribution in [-0.2, 0) is 0 Å². The first-order chi connectivity index (χ1) is 13.1. The van der Waals surface area contributed by atoms with Crippen LogP contribution < -0.4 is 5.32 Å². The molecule has 0 fully saturated rings. The first-order valence-electron chi connectivity index (χ1n) is 8.52. The number of amides is 1. The van der Waals surface area contributed by atoms with E-state index in [1.54, 1.807) is 42.1 Å². The minimum atomic E-state index is -0.226. The summed E-state index contributed by atoms with van der Waals surface area (Å²) in [4.78, 5) is 26.7. The fourth-order valence-corrected chi connectivity index (χ4v) is 3.85. The highest BCUT2D eigenvalue weighted by Crippen LogP contribution is 2.27. The van der Waals surface area contributed by atoms with E-state index in [1.807, 2.05) is 49.4 Å². The van der Waals surface area contributed by atoms with Crippen molar-refractivity contribution in [2.45, 2.75) is 11.8 Å². The molecule has 1 amide bonds. The molecule has 136 valence electrons. The number of carbonyl (C=O) groups excluding carboxylic acids is 2. The Hall–Kier alpha value is -2.37. The lowest BCUT2D eigenvalue weighted by Crippen LogP contribution is -2.16.